The van der Waals surface area contributed by atoms with Gasteiger partial charge in [0.25, 0.3) is 0 Å². The van der Waals surface area contributed by atoms with E-state index in [0.717, 1.165) is 63.4 Å². The summed E-state index contributed by atoms with van der Waals surface area (Å²) in [5, 5.41) is 3.08. The van der Waals surface area contributed by atoms with Gasteiger partial charge in [0.1, 0.15) is 16.4 Å². The largest absolute Gasteiger partial charge is 0.339 e. The number of pyridine rings is 1. The molecule has 0 aliphatic carbocycles. The highest BCUT2D eigenvalue weighted by molar-refractivity contribution is 7.99. The zero-order chi connectivity index (χ0) is 20.4. The second-order valence-corrected chi connectivity index (χ2v) is 9.11. The van der Waals surface area contributed by atoms with Crippen molar-refractivity contribution < 1.29 is 0 Å². The van der Waals surface area contributed by atoms with Gasteiger partial charge in [-0.25, -0.2) is 9.97 Å². The first-order valence-electron chi connectivity index (χ1n) is 10.0. The highest BCUT2D eigenvalue weighted by Crippen LogP contribution is 2.38. The van der Waals surface area contributed by atoms with Crippen LogP contribution in [-0.2, 0) is 0 Å². The van der Waals surface area contributed by atoms with Crippen molar-refractivity contribution in [2.75, 3.05) is 0 Å². The van der Waals surface area contributed by atoms with Crippen LogP contribution in [0.2, 0.25) is 10.0 Å². The molecule has 0 aliphatic rings. The molecule has 0 radical (unpaired) electrons. The van der Waals surface area contributed by atoms with E-state index in [-0.39, 0.29) is 0 Å². The molecule has 0 fully saturated rings. The van der Waals surface area contributed by atoms with Crippen molar-refractivity contribution in [3.8, 4) is 0 Å². The summed E-state index contributed by atoms with van der Waals surface area (Å²) in [5.41, 5.74) is 2.93. The Morgan fingerprint density at radius 1 is 0.966 bits per heavy atom. The van der Waals surface area contributed by atoms with Gasteiger partial charge in [-0.2, -0.15) is 0 Å². The molecule has 6 heteroatoms. The fourth-order valence-corrected chi connectivity index (χ4v) is 5.00. The summed E-state index contributed by atoms with van der Waals surface area (Å²) in [6, 6.07) is 13.9. The number of hydrogen-bond acceptors (Lipinski definition) is 3. The Kier molecular flexibility index (Phi) is 6.33. The van der Waals surface area contributed by atoms with Gasteiger partial charge in [0, 0.05) is 16.2 Å². The third-order valence-electron chi connectivity index (χ3n) is 5.08. The second-order valence-electron chi connectivity index (χ2n) is 7.23. The Morgan fingerprint density at radius 2 is 1.72 bits per heavy atom. The fraction of sp³-hybridized carbons (Fsp3) is 0.304. The summed E-state index contributed by atoms with van der Waals surface area (Å²) in [4.78, 5) is 14.6. The summed E-state index contributed by atoms with van der Waals surface area (Å²) >= 11 is 13.9. The third kappa shape index (κ3) is 4.25. The van der Waals surface area contributed by atoms with Crippen LogP contribution in [-0.4, -0.2) is 15.0 Å². The number of hydrogen-bond donors (Lipinski definition) is 1. The van der Waals surface area contributed by atoms with Crippen molar-refractivity contribution in [3.63, 3.8) is 0 Å². The van der Waals surface area contributed by atoms with Crippen LogP contribution in [0.15, 0.2) is 52.4 Å². The molecule has 150 valence electrons. The highest BCUT2D eigenvalue weighted by Gasteiger charge is 2.19. The van der Waals surface area contributed by atoms with E-state index in [0.29, 0.717) is 16.0 Å². The van der Waals surface area contributed by atoms with Gasteiger partial charge in [0.2, 0.25) is 0 Å². The van der Waals surface area contributed by atoms with E-state index in [1.165, 1.54) is 0 Å². The molecule has 0 spiro atoms. The molecule has 4 rings (SSSR count). The molecular formula is C23H23Cl2N3S. The summed E-state index contributed by atoms with van der Waals surface area (Å²) in [6.45, 7) is 4.46. The summed E-state index contributed by atoms with van der Waals surface area (Å²) in [6.07, 6.45) is 4.56. The van der Waals surface area contributed by atoms with Gasteiger partial charge in [-0.3, -0.25) is 0 Å². The molecule has 4 aromatic rings. The fourth-order valence-electron chi connectivity index (χ4n) is 3.71. The molecule has 0 saturated carbocycles. The number of aromatic nitrogens is 3. The second kappa shape index (κ2) is 8.95. The number of H-pyrrole nitrogens is 1. The monoisotopic (exact) mass is 443 g/mol. The van der Waals surface area contributed by atoms with E-state index in [1.807, 2.05) is 36.4 Å². The first-order valence-corrected chi connectivity index (χ1v) is 11.6. The van der Waals surface area contributed by atoms with E-state index in [1.54, 1.807) is 11.8 Å². The lowest BCUT2D eigenvalue weighted by Crippen LogP contribution is -2.00. The maximum absolute atomic E-state index is 6.22. The van der Waals surface area contributed by atoms with Crippen LogP contribution in [0.1, 0.15) is 51.3 Å². The number of fused-ring (bicyclic) bond motifs is 3. The Bertz CT molecular complexity index is 1150. The van der Waals surface area contributed by atoms with Crippen LogP contribution in [0.4, 0.5) is 0 Å². The highest BCUT2D eigenvalue weighted by atomic mass is 35.5. The molecule has 0 aliphatic heterocycles. The molecule has 0 saturated heterocycles. The van der Waals surface area contributed by atoms with Gasteiger partial charge in [0.15, 0.2) is 0 Å². The van der Waals surface area contributed by atoms with Crippen LogP contribution < -0.4 is 0 Å². The lowest BCUT2D eigenvalue weighted by Gasteiger charge is -2.11. The standard InChI is InChI=1S/C23H23Cl2N3S/c1-3-7-14(8-4-2)22-27-20-16-9-5-6-10-19(16)26-23(21(20)28-22)29-15-11-12-17(24)18(25)13-15/h5-6,9-14H,3-4,7-8H2,1-2H3,(H,27,28). The van der Waals surface area contributed by atoms with Crippen molar-refractivity contribution in [2.45, 2.75) is 55.4 Å². The minimum atomic E-state index is 0.444. The molecule has 1 N–H and O–H groups in total. The number of imidazole rings is 1. The average molecular weight is 444 g/mol. The predicted molar refractivity (Wildman–Crippen MR) is 125 cm³/mol. The number of nitrogens with zero attached hydrogens (tertiary/aromatic N) is 2. The molecule has 0 bridgehead atoms. The number of aromatic amines is 1. The predicted octanol–water partition coefficient (Wildman–Crippen LogP) is 8.25. The lowest BCUT2D eigenvalue weighted by atomic mass is 9.98. The SMILES string of the molecule is CCCC(CCC)c1nc2c([nH]1)c(Sc1ccc(Cl)c(Cl)c1)nc1ccccc12. The van der Waals surface area contributed by atoms with Crippen LogP contribution >= 0.6 is 35.0 Å². The first kappa shape index (κ1) is 20.5. The Labute approximate surface area is 185 Å². The van der Waals surface area contributed by atoms with Crippen LogP contribution in [0.25, 0.3) is 21.9 Å². The smallest absolute Gasteiger partial charge is 0.127 e. The maximum Gasteiger partial charge on any atom is 0.127 e. The summed E-state index contributed by atoms with van der Waals surface area (Å²) in [5.74, 6) is 1.51. The van der Waals surface area contributed by atoms with Crippen LogP contribution in [0.5, 0.6) is 0 Å². The molecule has 2 aromatic heterocycles. The van der Waals surface area contributed by atoms with Crippen molar-refractivity contribution in [3.05, 3.63) is 58.3 Å². The minimum absolute atomic E-state index is 0.444. The van der Waals surface area contributed by atoms with Crippen LogP contribution in [0, 0.1) is 0 Å². The summed E-state index contributed by atoms with van der Waals surface area (Å²) < 4.78 is 0. The Morgan fingerprint density at radius 3 is 2.45 bits per heavy atom. The number of nitrogens with one attached hydrogen (secondary N) is 1. The van der Waals surface area contributed by atoms with Gasteiger partial charge in [-0.15, -0.1) is 0 Å². The van der Waals surface area contributed by atoms with Crippen molar-refractivity contribution >= 4 is 56.9 Å². The number of rotatable bonds is 7. The number of benzene rings is 2. The van der Waals surface area contributed by atoms with E-state index in [2.05, 4.69) is 24.9 Å². The van der Waals surface area contributed by atoms with Gasteiger partial charge in [0.05, 0.1) is 21.1 Å². The molecule has 0 unspecified atom stereocenters. The van der Waals surface area contributed by atoms with Crippen LogP contribution in [0.3, 0.4) is 0 Å². The van der Waals surface area contributed by atoms with Gasteiger partial charge in [-0.05, 0) is 37.1 Å². The van der Waals surface area contributed by atoms with E-state index < -0.39 is 0 Å². The molecule has 0 amide bonds. The molecule has 3 nitrogen and oxygen atoms in total. The Balaban J connectivity index is 1.86. The normalized spacial score (nSPS) is 11.8. The zero-order valence-corrected chi connectivity index (χ0v) is 18.8. The molecule has 2 heterocycles. The molecule has 2 aromatic carbocycles. The number of halogens is 2. The number of para-hydroxylation sites is 1. The Hall–Kier alpha value is -1.75. The first-order chi connectivity index (χ1) is 14.1. The van der Waals surface area contributed by atoms with Gasteiger partial charge >= 0.3 is 0 Å². The lowest BCUT2D eigenvalue weighted by molar-refractivity contribution is 0.539. The van der Waals surface area contributed by atoms with E-state index >= 15 is 0 Å². The van der Waals surface area contributed by atoms with Crippen molar-refractivity contribution in [2.24, 2.45) is 0 Å². The third-order valence-corrected chi connectivity index (χ3v) is 6.80. The minimum Gasteiger partial charge on any atom is -0.339 e. The van der Waals surface area contributed by atoms with Crippen molar-refractivity contribution in [1.82, 2.24) is 15.0 Å². The molecule has 0 atom stereocenters. The van der Waals surface area contributed by atoms with Crippen molar-refractivity contribution in [1.29, 1.82) is 0 Å². The van der Waals surface area contributed by atoms with E-state index in [4.69, 9.17) is 33.2 Å². The zero-order valence-electron chi connectivity index (χ0n) is 16.5. The van der Waals surface area contributed by atoms with E-state index in [9.17, 15) is 0 Å². The quantitative estimate of drug-likeness (QED) is 0.312. The summed E-state index contributed by atoms with van der Waals surface area (Å²) in [7, 11) is 0. The molecule has 29 heavy (non-hydrogen) atoms. The molecular weight excluding hydrogens is 421 g/mol. The van der Waals surface area contributed by atoms with Gasteiger partial charge in [-0.1, -0.05) is 79.9 Å². The average Bonchev–Trinajstić information content (AvgIpc) is 3.17. The van der Waals surface area contributed by atoms with Gasteiger partial charge < -0.3 is 4.98 Å². The maximum atomic E-state index is 6.22. The topological polar surface area (TPSA) is 41.6 Å².